The Kier molecular flexibility index (Phi) is 10.6. The molecule has 0 radical (unpaired) electrons. The molecule has 1 unspecified atom stereocenters. The second-order valence-electron chi connectivity index (χ2n) is 14.2. The standard InChI is InChI=1S/C29H54N2O6/c1-21(14-12-16-25(33)37-23-19-28(6,7)31(35)29(8,9)20-23)13-10-11-15-24(32)36-22-17-26(2,3)30(34)27(4,5)18-22/h21-23,34-35H,10-20H2,1-9H3. The lowest BCUT2D eigenvalue weighted by Gasteiger charge is -2.50. The first kappa shape index (κ1) is 32.0. The van der Waals surface area contributed by atoms with Gasteiger partial charge in [0, 0.05) is 60.7 Å². The molecule has 37 heavy (non-hydrogen) atoms. The van der Waals surface area contributed by atoms with E-state index in [1.54, 1.807) is 0 Å². The van der Waals surface area contributed by atoms with Crippen molar-refractivity contribution in [2.45, 2.75) is 167 Å². The van der Waals surface area contributed by atoms with Crippen molar-refractivity contribution in [1.29, 1.82) is 0 Å². The third kappa shape index (κ3) is 9.19. The van der Waals surface area contributed by atoms with Crippen LogP contribution in [0, 0.1) is 5.92 Å². The fourth-order valence-electron chi connectivity index (χ4n) is 6.52. The van der Waals surface area contributed by atoms with E-state index in [-0.39, 0.29) is 24.1 Å². The van der Waals surface area contributed by atoms with Crippen molar-refractivity contribution in [3.8, 4) is 0 Å². The van der Waals surface area contributed by atoms with Gasteiger partial charge in [0.2, 0.25) is 0 Å². The normalized spacial score (nSPS) is 24.9. The number of unbranched alkanes of at least 4 members (excludes halogenated alkanes) is 1. The summed E-state index contributed by atoms with van der Waals surface area (Å²) in [6.07, 6.45) is 7.47. The van der Waals surface area contributed by atoms with Crippen LogP contribution in [0.2, 0.25) is 0 Å². The SMILES string of the molecule is CC(CCCCC(=O)OC1CC(C)(C)N(O)C(C)(C)C1)CCCC(=O)OC1CC(C)(C)N(O)C(C)(C)C1. The number of hydrogen-bond acceptors (Lipinski definition) is 8. The number of piperidine rings is 2. The molecule has 0 amide bonds. The van der Waals surface area contributed by atoms with Crippen LogP contribution in [0.15, 0.2) is 0 Å². The predicted octanol–water partition coefficient (Wildman–Crippen LogP) is 6.26. The highest BCUT2D eigenvalue weighted by Gasteiger charge is 2.47. The number of rotatable bonds is 11. The number of ether oxygens (including phenoxy) is 2. The molecule has 2 aliphatic rings. The number of carbonyl (C=O) groups excluding carboxylic acids is 2. The van der Waals surface area contributed by atoms with Gasteiger partial charge in [-0.2, -0.15) is 10.1 Å². The van der Waals surface area contributed by atoms with Crippen molar-refractivity contribution in [1.82, 2.24) is 10.1 Å². The average Bonchev–Trinajstić information content (AvgIpc) is 2.72. The van der Waals surface area contributed by atoms with Gasteiger partial charge in [-0.05, 0) is 74.1 Å². The van der Waals surface area contributed by atoms with Crippen molar-refractivity contribution >= 4 is 11.9 Å². The van der Waals surface area contributed by atoms with Gasteiger partial charge in [0.05, 0.1) is 0 Å². The molecule has 2 N–H and O–H groups in total. The molecule has 0 aromatic carbocycles. The zero-order valence-electron chi connectivity index (χ0n) is 24.9. The van der Waals surface area contributed by atoms with Crippen LogP contribution in [-0.4, -0.2) is 66.8 Å². The molecule has 2 heterocycles. The summed E-state index contributed by atoms with van der Waals surface area (Å²) in [4.78, 5) is 24.8. The van der Waals surface area contributed by atoms with Crippen LogP contribution < -0.4 is 0 Å². The van der Waals surface area contributed by atoms with E-state index in [0.29, 0.717) is 44.4 Å². The lowest BCUT2D eigenvalue weighted by atomic mass is 9.80. The van der Waals surface area contributed by atoms with Gasteiger partial charge in [0.1, 0.15) is 12.2 Å². The monoisotopic (exact) mass is 526 g/mol. The van der Waals surface area contributed by atoms with Crippen LogP contribution in [0.3, 0.4) is 0 Å². The highest BCUT2D eigenvalue weighted by molar-refractivity contribution is 5.69. The smallest absolute Gasteiger partial charge is 0.306 e. The Balaban J connectivity index is 1.60. The van der Waals surface area contributed by atoms with Gasteiger partial charge in [-0.25, -0.2) is 0 Å². The maximum Gasteiger partial charge on any atom is 0.306 e. The van der Waals surface area contributed by atoms with Crippen LogP contribution in [0.4, 0.5) is 0 Å². The third-order valence-corrected chi connectivity index (χ3v) is 8.20. The average molecular weight is 527 g/mol. The maximum atomic E-state index is 12.4. The van der Waals surface area contributed by atoms with Gasteiger partial charge in [-0.15, -0.1) is 0 Å². The van der Waals surface area contributed by atoms with Crippen molar-refractivity contribution in [3.63, 3.8) is 0 Å². The third-order valence-electron chi connectivity index (χ3n) is 8.20. The summed E-state index contributed by atoms with van der Waals surface area (Å²) in [5.74, 6) is 0.169. The Morgan fingerprint density at radius 2 is 1.00 bits per heavy atom. The van der Waals surface area contributed by atoms with Gasteiger partial charge >= 0.3 is 11.9 Å². The summed E-state index contributed by atoms with van der Waals surface area (Å²) in [6, 6.07) is 0. The van der Waals surface area contributed by atoms with Crippen LogP contribution in [0.1, 0.15) is 133 Å². The van der Waals surface area contributed by atoms with E-state index in [2.05, 4.69) is 6.92 Å². The lowest BCUT2D eigenvalue weighted by Crippen LogP contribution is -2.60. The molecule has 0 saturated carbocycles. The summed E-state index contributed by atoms with van der Waals surface area (Å²) < 4.78 is 11.5. The van der Waals surface area contributed by atoms with Crippen molar-refractivity contribution < 1.29 is 29.5 Å². The quantitative estimate of drug-likeness (QED) is 0.240. The van der Waals surface area contributed by atoms with E-state index in [9.17, 15) is 20.0 Å². The molecule has 2 fully saturated rings. The first-order valence-corrected chi connectivity index (χ1v) is 14.2. The van der Waals surface area contributed by atoms with Gasteiger partial charge in [0.25, 0.3) is 0 Å². The molecular formula is C29H54N2O6. The molecule has 8 heteroatoms. The number of hydrogen-bond donors (Lipinski definition) is 2. The zero-order valence-corrected chi connectivity index (χ0v) is 24.9. The summed E-state index contributed by atoms with van der Waals surface area (Å²) in [6.45, 7) is 17.9. The minimum Gasteiger partial charge on any atom is -0.462 e. The van der Waals surface area contributed by atoms with E-state index in [0.717, 1.165) is 32.1 Å². The minimum absolute atomic E-state index is 0.156. The van der Waals surface area contributed by atoms with Crippen molar-refractivity contribution in [3.05, 3.63) is 0 Å². The largest absolute Gasteiger partial charge is 0.462 e. The van der Waals surface area contributed by atoms with Crippen molar-refractivity contribution in [2.24, 2.45) is 5.92 Å². The Labute approximate surface area is 225 Å². The second kappa shape index (κ2) is 12.3. The first-order valence-electron chi connectivity index (χ1n) is 14.2. The molecule has 1 atom stereocenters. The molecule has 2 rings (SSSR count). The molecule has 2 aliphatic heterocycles. The minimum atomic E-state index is -0.433. The molecule has 0 bridgehead atoms. The number of carbonyl (C=O) groups is 2. The maximum absolute atomic E-state index is 12.4. The highest BCUT2D eigenvalue weighted by atomic mass is 16.6. The number of hydroxylamine groups is 4. The van der Waals surface area contributed by atoms with E-state index in [1.165, 1.54) is 10.1 Å². The lowest BCUT2D eigenvalue weighted by molar-refractivity contribution is -0.259. The Morgan fingerprint density at radius 3 is 1.38 bits per heavy atom. The van der Waals surface area contributed by atoms with Gasteiger partial charge < -0.3 is 19.9 Å². The number of nitrogens with zero attached hydrogens (tertiary/aromatic N) is 2. The van der Waals surface area contributed by atoms with E-state index in [4.69, 9.17) is 9.47 Å². The van der Waals surface area contributed by atoms with Crippen molar-refractivity contribution in [2.75, 3.05) is 0 Å². The molecule has 8 nitrogen and oxygen atoms in total. The molecule has 0 aromatic heterocycles. The van der Waals surface area contributed by atoms with E-state index in [1.807, 2.05) is 55.4 Å². The van der Waals surface area contributed by atoms with Crippen LogP contribution in [0.5, 0.6) is 0 Å². The van der Waals surface area contributed by atoms with Crippen LogP contribution >= 0.6 is 0 Å². The fourth-order valence-corrected chi connectivity index (χ4v) is 6.52. The molecule has 0 aliphatic carbocycles. The first-order chi connectivity index (χ1) is 16.9. The summed E-state index contributed by atoms with van der Waals surface area (Å²) in [5.41, 5.74) is -1.73. The topological polar surface area (TPSA) is 99.5 Å². The van der Waals surface area contributed by atoms with Gasteiger partial charge in [-0.1, -0.05) is 26.2 Å². The van der Waals surface area contributed by atoms with Gasteiger partial charge in [-0.3, -0.25) is 9.59 Å². The predicted molar refractivity (Wildman–Crippen MR) is 143 cm³/mol. The Bertz CT molecular complexity index is 742. The molecule has 2 saturated heterocycles. The molecule has 216 valence electrons. The number of esters is 2. The van der Waals surface area contributed by atoms with E-state index < -0.39 is 22.2 Å². The van der Waals surface area contributed by atoms with Crippen LogP contribution in [0.25, 0.3) is 0 Å². The van der Waals surface area contributed by atoms with Crippen LogP contribution in [-0.2, 0) is 19.1 Å². The summed E-state index contributed by atoms with van der Waals surface area (Å²) in [7, 11) is 0. The Hall–Kier alpha value is -1.22. The Morgan fingerprint density at radius 1 is 0.676 bits per heavy atom. The van der Waals surface area contributed by atoms with E-state index >= 15 is 0 Å². The second-order valence-corrected chi connectivity index (χ2v) is 14.2. The molecular weight excluding hydrogens is 472 g/mol. The molecule has 0 spiro atoms. The summed E-state index contributed by atoms with van der Waals surface area (Å²) in [5, 5.41) is 23.6. The van der Waals surface area contributed by atoms with Gasteiger partial charge in [0.15, 0.2) is 0 Å². The molecule has 0 aromatic rings. The zero-order chi connectivity index (χ0) is 28.2. The highest BCUT2D eigenvalue weighted by Crippen LogP contribution is 2.39. The fraction of sp³-hybridized carbons (Fsp3) is 0.931. The summed E-state index contributed by atoms with van der Waals surface area (Å²) >= 11 is 0.